The highest BCUT2D eigenvalue weighted by Crippen LogP contribution is 2.43. The van der Waals surface area contributed by atoms with Gasteiger partial charge in [0.25, 0.3) is 0 Å². The molecule has 1 N–H and O–H groups in total. The molecule has 0 rings (SSSR count). The van der Waals surface area contributed by atoms with Crippen molar-refractivity contribution in [2.24, 2.45) is 0 Å². The van der Waals surface area contributed by atoms with Crippen molar-refractivity contribution in [2.45, 2.75) is 219 Å². The Kier molecular flexibility index (Phi) is 40.3. The van der Waals surface area contributed by atoms with Gasteiger partial charge in [-0.15, -0.1) is 0 Å². The molecule has 0 amide bonds. The number of carbonyl (C=O) groups is 2. The van der Waals surface area contributed by atoms with Gasteiger partial charge in [-0.3, -0.25) is 18.6 Å². The third-order valence-corrected chi connectivity index (χ3v) is 11.4. The average molecular weight is 855 g/mol. The summed E-state index contributed by atoms with van der Waals surface area (Å²) >= 11 is 0. The fourth-order valence-corrected chi connectivity index (χ4v) is 7.31. The summed E-state index contributed by atoms with van der Waals surface area (Å²) in [6, 6.07) is 0. The third-order valence-electron chi connectivity index (χ3n) is 10.4. The van der Waals surface area contributed by atoms with E-state index in [0.717, 1.165) is 70.6 Å². The highest BCUT2D eigenvalue weighted by molar-refractivity contribution is 7.47. The summed E-state index contributed by atoms with van der Waals surface area (Å²) in [5, 5.41) is 0. The van der Waals surface area contributed by atoms with E-state index in [4.69, 9.17) is 18.5 Å². The first kappa shape index (κ1) is 57.2. The Hall–Kier alpha value is -1.77. The number of unbranched alkanes of at least 4 members (excludes halogenated alkanes) is 24. The molecule has 0 aliphatic rings. The number of phosphoric acid groups is 1. The molecule has 59 heavy (non-hydrogen) atoms. The summed E-state index contributed by atoms with van der Waals surface area (Å²) < 4.78 is 34.4. The number of hydrogen-bond donors (Lipinski definition) is 1. The molecule has 0 fully saturated rings. The van der Waals surface area contributed by atoms with Crippen LogP contribution in [0.4, 0.5) is 0 Å². The first-order valence-corrected chi connectivity index (χ1v) is 25.7. The van der Waals surface area contributed by atoms with Crippen molar-refractivity contribution in [1.82, 2.24) is 0 Å². The van der Waals surface area contributed by atoms with Crippen LogP contribution in [-0.2, 0) is 32.7 Å². The van der Waals surface area contributed by atoms with Crippen LogP contribution < -0.4 is 0 Å². The van der Waals surface area contributed by atoms with Gasteiger partial charge in [0.15, 0.2) is 6.10 Å². The van der Waals surface area contributed by atoms with Gasteiger partial charge in [-0.05, 0) is 70.6 Å². The fourth-order valence-electron chi connectivity index (χ4n) is 6.57. The van der Waals surface area contributed by atoms with Gasteiger partial charge in [-0.25, -0.2) is 4.57 Å². The van der Waals surface area contributed by atoms with Gasteiger partial charge >= 0.3 is 19.8 Å². The topological polar surface area (TPSA) is 108 Å². The second-order valence-corrected chi connectivity index (χ2v) is 18.9. The number of carbonyl (C=O) groups excluding carboxylic acids is 2. The monoisotopic (exact) mass is 855 g/mol. The molecule has 0 aliphatic carbocycles. The van der Waals surface area contributed by atoms with Gasteiger partial charge in [-0.1, -0.05) is 166 Å². The Bertz CT molecular complexity index is 1100. The quantitative estimate of drug-likeness (QED) is 0.0212. The van der Waals surface area contributed by atoms with E-state index in [-0.39, 0.29) is 32.0 Å². The molecule has 2 unspecified atom stereocenters. The lowest BCUT2D eigenvalue weighted by Gasteiger charge is -2.24. The minimum atomic E-state index is -4.38. The predicted molar refractivity (Wildman–Crippen MR) is 247 cm³/mol. The second-order valence-electron chi connectivity index (χ2n) is 17.5. The van der Waals surface area contributed by atoms with Crippen LogP contribution in [0.1, 0.15) is 213 Å². The van der Waals surface area contributed by atoms with E-state index in [0.29, 0.717) is 17.4 Å². The molecule has 0 aliphatic heterocycles. The summed E-state index contributed by atoms with van der Waals surface area (Å²) in [7, 11) is 1.47. The molecule has 0 aromatic carbocycles. The zero-order valence-corrected chi connectivity index (χ0v) is 39.9. The molecule has 0 aromatic rings. The fraction of sp³-hybridized carbons (Fsp3) is 0.837. The van der Waals surface area contributed by atoms with Crippen LogP contribution in [0.15, 0.2) is 36.5 Å². The zero-order chi connectivity index (χ0) is 43.6. The SMILES string of the molecule is CCCCC/C=C\C/C=C\CCCCCCCCCCCC(=O)OC(COC(=O)CCCCCCC/C=C\CCCCCCCCC)COP(=O)(O)OCC[N+](C)(C)C. The number of hydrogen-bond acceptors (Lipinski definition) is 7. The van der Waals surface area contributed by atoms with Gasteiger partial charge in [0.1, 0.15) is 19.8 Å². The number of esters is 2. The largest absolute Gasteiger partial charge is 0.472 e. The summed E-state index contributed by atoms with van der Waals surface area (Å²) in [4.78, 5) is 35.5. The first-order chi connectivity index (χ1) is 28.5. The minimum absolute atomic E-state index is 0.0297. The van der Waals surface area contributed by atoms with Gasteiger partial charge in [0.2, 0.25) is 0 Å². The average Bonchev–Trinajstić information content (AvgIpc) is 3.19. The van der Waals surface area contributed by atoms with Crippen molar-refractivity contribution in [2.75, 3.05) is 47.5 Å². The number of nitrogens with zero attached hydrogens (tertiary/aromatic N) is 1. The highest BCUT2D eigenvalue weighted by atomic mass is 31.2. The maximum atomic E-state index is 12.7. The van der Waals surface area contributed by atoms with Crippen LogP contribution in [0.5, 0.6) is 0 Å². The molecule has 0 spiro atoms. The molecule has 0 radical (unpaired) electrons. The molecule has 346 valence electrons. The number of rotatable bonds is 44. The van der Waals surface area contributed by atoms with Crippen LogP contribution in [0.2, 0.25) is 0 Å². The maximum Gasteiger partial charge on any atom is 0.472 e. The molecular formula is C49H93NO8P+. The second kappa shape index (κ2) is 41.6. The number of allylic oxidation sites excluding steroid dienone is 6. The van der Waals surface area contributed by atoms with E-state index >= 15 is 0 Å². The molecule has 0 aromatic heterocycles. The van der Waals surface area contributed by atoms with Gasteiger partial charge in [0, 0.05) is 12.8 Å². The standard InChI is InChI=1S/C49H92NO8P/c1-6-8-10-12-14-16-18-20-22-24-25-26-28-30-32-34-36-38-40-42-49(52)58-47(46-57-59(53,54)56-44-43-50(3,4)5)45-55-48(51)41-39-37-35-33-31-29-27-23-21-19-17-15-13-11-9-7-2/h14,16,20,22-23,27,47H,6-13,15,17-19,21,24-26,28-46H2,1-5H3/p+1/b16-14-,22-20-,27-23-. The lowest BCUT2D eigenvalue weighted by Crippen LogP contribution is -2.37. The van der Waals surface area contributed by atoms with Crippen molar-refractivity contribution in [3.8, 4) is 0 Å². The van der Waals surface area contributed by atoms with Crippen LogP contribution in [0.25, 0.3) is 0 Å². The molecule has 9 nitrogen and oxygen atoms in total. The van der Waals surface area contributed by atoms with E-state index in [9.17, 15) is 19.0 Å². The van der Waals surface area contributed by atoms with E-state index in [2.05, 4.69) is 50.3 Å². The molecule has 2 atom stereocenters. The molecule has 0 bridgehead atoms. The van der Waals surface area contributed by atoms with Crippen molar-refractivity contribution in [1.29, 1.82) is 0 Å². The minimum Gasteiger partial charge on any atom is -0.462 e. The summed E-state index contributed by atoms with van der Waals surface area (Å²) in [6.07, 6.45) is 47.6. The Morgan fingerprint density at radius 1 is 0.525 bits per heavy atom. The van der Waals surface area contributed by atoms with Crippen molar-refractivity contribution in [3.63, 3.8) is 0 Å². The lowest BCUT2D eigenvalue weighted by molar-refractivity contribution is -0.870. The highest BCUT2D eigenvalue weighted by Gasteiger charge is 2.27. The van der Waals surface area contributed by atoms with Crippen LogP contribution in [0.3, 0.4) is 0 Å². The van der Waals surface area contributed by atoms with Gasteiger partial charge in [-0.2, -0.15) is 0 Å². The van der Waals surface area contributed by atoms with E-state index in [1.807, 2.05) is 21.1 Å². The number of ether oxygens (including phenoxy) is 2. The van der Waals surface area contributed by atoms with Crippen LogP contribution >= 0.6 is 7.82 Å². The molecule has 0 saturated heterocycles. The van der Waals surface area contributed by atoms with Crippen molar-refractivity contribution < 1.29 is 42.1 Å². The van der Waals surface area contributed by atoms with Crippen LogP contribution in [-0.4, -0.2) is 74.9 Å². The maximum absolute atomic E-state index is 12.7. The lowest BCUT2D eigenvalue weighted by atomic mass is 10.1. The number of quaternary nitrogens is 1. The Balaban J connectivity index is 4.31. The summed E-state index contributed by atoms with van der Waals surface area (Å²) in [6.45, 7) is 4.40. The smallest absolute Gasteiger partial charge is 0.462 e. The Morgan fingerprint density at radius 2 is 0.915 bits per heavy atom. The zero-order valence-electron chi connectivity index (χ0n) is 39.0. The number of phosphoric ester groups is 1. The van der Waals surface area contributed by atoms with Gasteiger partial charge in [0.05, 0.1) is 27.7 Å². The molecule has 0 heterocycles. The van der Waals surface area contributed by atoms with Crippen molar-refractivity contribution >= 4 is 19.8 Å². The first-order valence-electron chi connectivity index (χ1n) is 24.2. The molecule has 0 saturated carbocycles. The van der Waals surface area contributed by atoms with E-state index in [1.165, 1.54) is 109 Å². The Morgan fingerprint density at radius 3 is 1.39 bits per heavy atom. The van der Waals surface area contributed by atoms with E-state index < -0.39 is 26.5 Å². The van der Waals surface area contributed by atoms with Crippen molar-refractivity contribution in [3.05, 3.63) is 36.5 Å². The summed E-state index contributed by atoms with van der Waals surface area (Å²) in [5.74, 6) is -0.808. The third kappa shape index (κ3) is 45.6. The van der Waals surface area contributed by atoms with Crippen LogP contribution in [0, 0.1) is 0 Å². The molecule has 10 heteroatoms. The normalized spacial score (nSPS) is 13.8. The predicted octanol–water partition coefficient (Wildman–Crippen LogP) is 14.1. The summed E-state index contributed by atoms with van der Waals surface area (Å²) in [5.41, 5.74) is 0. The molecular weight excluding hydrogens is 762 g/mol. The van der Waals surface area contributed by atoms with Gasteiger partial charge < -0.3 is 18.9 Å². The number of likely N-dealkylation sites (N-methyl/N-ethyl adjacent to an activating group) is 1. The Labute approximate surface area is 363 Å². The van der Waals surface area contributed by atoms with E-state index in [1.54, 1.807) is 0 Å².